The van der Waals surface area contributed by atoms with E-state index >= 15 is 0 Å². The van der Waals surface area contributed by atoms with E-state index in [1.165, 1.54) is 0 Å². The summed E-state index contributed by atoms with van der Waals surface area (Å²) in [6.07, 6.45) is 3.34. The van der Waals surface area contributed by atoms with Crippen molar-refractivity contribution in [3.05, 3.63) is 24.3 Å². The Morgan fingerprint density at radius 2 is 2.15 bits per heavy atom. The van der Waals surface area contributed by atoms with E-state index in [-0.39, 0.29) is 18.9 Å². The van der Waals surface area contributed by atoms with Gasteiger partial charge in [0.25, 0.3) is 0 Å². The van der Waals surface area contributed by atoms with E-state index in [0.717, 1.165) is 0 Å². The summed E-state index contributed by atoms with van der Waals surface area (Å²) >= 11 is 0. The number of aliphatic hydroxyl groups is 1. The van der Waals surface area contributed by atoms with Crippen LogP contribution in [0.5, 0.6) is 0 Å². The van der Waals surface area contributed by atoms with E-state index in [0.29, 0.717) is 12.4 Å². The van der Waals surface area contributed by atoms with Crippen molar-refractivity contribution < 1.29 is 9.90 Å². The van der Waals surface area contributed by atoms with Crippen molar-refractivity contribution in [3.63, 3.8) is 0 Å². The number of rotatable bonds is 4. The number of carbonyl (C=O) groups excluding carboxylic acids is 1. The first kappa shape index (κ1) is 9.60. The van der Waals surface area contributed by atoms with Gasteiger partial charge in [-0.25, -0.2) is 9.97 Å². The van der Waals surface area contributed by atoms with Crippen molar-refractivity contribution in [2.75, 3.05) is 6.61 Å². The molecule has 5 nitrogen and oxygen atoms in total. The number of amides is 1. The number of aliphatic hydroxyl groups excluding tert-OH is 1. The Balaban J connectivity index is 2.31. The van der Waals surface area contributed by atoms with Crippen molar-refractivity contribution in [2.45, 2.75) is 13.0 Å². The summed E-state index contributed by atoms with van der Waals surface area (Å²) in [5, 5.41) is 11.0. The highest BCUT2D eigenvalue weighted by atomic mass is 16.3. The molecule has 5 heteroatoms. The zero-order valence-corrected chi connectivity index (χ0v) is 7.10. The summed E-state index contributed by atoms with van der Waals surface area (Å²) in [5.41, 5.74) is 0. The van der Waals surface area contributed by atoms with Crippen molar-refractivity contribution in [2.24, 2.45) is 0 Å². The van der Waals surface area contributed by atoms with Crippen LogP contribution < -0.4 is 5.32 Å². The van der Waals surface area contributed by atoms with Crippen LogP contribution in [0.3, 0.4) is 0 Å². The molecule has 0 saturated heterocycles. The van der Waals surface area contributed by atoms with Crippen LogP contribution in [0.2, 0.25) is 0 Å². The second kappa shape index (κ2) is 5.21. The fourth-order valence-corrected chi connectivity index (χ4v) is 0.789. The van der Waals surface area contributed by atoms with Crippen LogP contribution in [0.15, 0.2) is 18.5 Å². The van der Waals surface area contributed by atoms with Crippen LogP contribution in [0.25, 0.3) is 0 Å². The van der Waals surface area contributed by atoms with E-state index in [1.807, 2.05) is 0 Å². The summed E-state index contributed by atoms with van der Waals surface area (Å²) in [7, 11) is 0. The molecule has 2 N–H and O–H groups in total. The molecular formula is C8H11N3O2. The molecule has 0 aromatic carbocycles. The third kappa shape index (κ3) is 3.62. The van der Waals surface area contributed by atoms with Crippen LogP contribution in [0.1, 0.15) is 12.2 Å². The topological polar surface area (TPSA) is 75.1 Å². The number of nitrogens with one attached hydrogen (secondary N) is 1. The molecule has 0 radical (unpaired) electrons. The normalized spacial score (nSPS) is 9.62. The van der Waals surface area contributed by atoms with Gasteiger partial charge in [0.2, 0.25) is 5.91 Å². The molecule has 0 aliphatic rings. The van der Waals surface area contributed by atoms with Gasteiger partial charge in [0.05, 0.1) is 13.2 Å². The minimum Gasteiger partial charge on any atom is -0.396 e. The highest BCUT2D eigenvalue weighted by Crippen LogP contribution is 1.86. The number of carbonyl (C=O) groups is 1. The zero-order valence-electron chi connectivity index (χ0n) is 7.10. The molecule has 13 heavy (non-hydrogen) atoms. The van der Waals surface area contributed by atoms with E-state index < -0.39 is 0 Å². The maximum atomic E-state index is 10.9. The first-order valence-electron chi connectivity index (χ1n) is 3.96. The number of hydrogen-bond donors (Lipinski definition) is 2. The number of nitrogens with zero attached hydrogens (tertiary/aromatic N) is 2. The molecule has 0 aliphatic carbocycles. The molecule has 1 aromatic heterocycles. The smallest absolute Gasteiger partial charge is 0.222 e. The molecule has 0 atom stereocenters. The van der Waals surface area contributed by atoms with Gasteiger partial charge in [-0.2, -0.15) is 0 Å². The number of aromatic nitrogens is 2. The quantitative estimate of drug-likeness (QED) is 0.655. The largest absolute Gasteiger partial charge is 0.396 e. The zero-order chi connectivity index (χ0) is 9.52. The summed E-state index contributed by atoms with van der Waals surface area (Å²) < 4.78 is 0. The minimum absolute atomic E-state index is 0.118. The third-order valence-corrected chi connectivity index (χ3v) is 1.40. The lowest BCUT2D eigenvalue weighted by atomic mass is 10.4. The predicted octanol–water partition coefficient (Wildman–Crippen LogP) is -0.525. The molecule has 0 spiro atoms. The molecule has 0 saturated carbocycles. The van der Waals surface area contributed by atoms with E-state index in [1.54, 1.807) is 18.5 Å². The second-order valence-electron chi connectivity index (χ2n) is 2.42. The molecule has 0 unspecified atom stereocenters. The first-order chi connectivity index (χ1) is 6.33. The monoisotopic (exact) mass is 181 g/mol. The van der Waals surface area contributed by atoms with Gasteiger partial charge >= 0.3 is 0 Å². The van der Waals surface area contributed by atoms with Gasteiger partial charge < -0.3 is 10.4 Å². The minimum atomic E-state index is -0.199. The lowest BCUT2D eigenvalue weighted by Crippen LogP contribution is -2.24. The molecule has 0 fully saturated rings. The fourth-order valence-electron chi connectivity index (χ4n) is 0.789. The average molecular weight is 181 g/mol. The van der Waals surface area contributed by atoms with Crippen LogP contribution in [-0.4, -0.2) is 27.6 Å². The SMILES string of the molecule is O=C(CCO)NCc1ncccn1. The van der Waals surface area contributed by atoms with E-state index in [4.69, 9.17) is 5.11 Å². The predicted molar refractivity (Wildman–Crippen MR) is 45.6 cm³/mol. The molecule has 0 aliphatic heterocycles. The van der Waals surface area contributed by atoms with Crippen LogP contribution >= 0.6 is 0 Å². The molecule has 1 aromatic rings. The standard InChI is InChI=1S/C8H11N3O2/c12-5-2-8(13)11-6-7-9-3-1-4-10-7/h1,3-4,12H,2,5-6H2,(H,11,13). The second-order valence-corrected chi connectivity index (χ2v) is 2.42. The molecule has 1 amide bonds. The Morgan fingerprint density at radius 3 is 2.77 bits per heavy atom. The van der Waals surface area contributed by atoms with Gasteiger partial charge in [0.1, 0.15) is 5.82 Å². The van der Waals surface area contributed by atoms with Gasteiger partial charge in [-0.1, -0.05) is 0 Å². The first-order valence-corrected chi connectivity index (χ1v) is 3.96. The van der Waals surface area contributed by atoms with Gasteiger partial charge in [-0.15, -0.1) is 0 Å². The Kier molecular flexibility index (Phi) is 3.84. The van der Waals surface area contributed by atoms with Crippen molar-refractivity contribution in [3.8, 4) is 0 Å². The molecular weight excluding hydrogens is 170 g/mol. The van der Waals surface area contributed by atoms with Crippen molar-refractivity contribution in [1.29, 1.82) is 0 Å². The van der Waals surface area contributed by atoms with Gasteiger partial charge in [0.15, 0.2) is 0 Å². The van der Waals surface area contributed by atoms with Crippen molar-refractivity contribution in [1.82, 2.24) is 15.3 Å². The molecule has 1 rings (SSSR count). The maximum Gasteiger partial charge on any atom is 0.222 e. The summed E-state index contributed by atoms with van der Waals surface area (Å²) in [6.45, 7) is 0.168. The highest BCUT2D eigenvalue weighted by Gasteiger charge is 2.00. The maximum absolute atomic E-state index is 10.9. The van der Waals surface area contributed by atoms with Crippen LogP contribution in [0.4, 0.5) is 0 Å². The summed E-state index contributed by atoms with van der Waals surface area (Å²) in [4.78, 5) is 18.7. The third-order valence-electron chi connectivity index (χ3n) is 1.40. The van der Waals surface area contributed by atoms with Gasteiger partial charge in [0, 0.05) is 18.8 Å². The Morgan fingerprint density at radius 1 is 1.46 bits per heavy atom. The Bertz CT molecular complexity index is 263. The Labute approximate surface area is 75.8 Å². The number of hydrogen-bond acceptors (Lipinski definition) is 4. The summed E-state index contributed by atoms with van der Waals surface area (Å²) in [5.74, 6) is 0.365. The lowest BCUT2D eigenvalue weighted by Gasteiger charge is -2.01. The van der Waals surface area contributed by atoms with E-state index in [9.17, 15) is 4.79 Å². The average Bonchev–Trinajstić information content (AvgIpc) is 2.17. The lowest BCUT2D eigenvalue weighted by molar-refractivity contribution is -0.121. The fraction of sp³-hybridized carbons (Fsp3) is 0.375. The summed E-state index contributed by atoms with van der Waals surface area (Å²) in [6, 6.07) is 1.71. The molecule has 1 heterocycles. The van der Waals surface area contributed by atoms with Crippen LogP contribution in [0, 0.1) is 0 Å². The van der Waals surface area contributed by atoms with Crippen LogP contribution in [-0.2, 0) is 11.3 Å². The van der Waals surface area contributed by atoms with Gasteiger partial charge in [-0.3, -0.25) is 4.79 Å². The van der Waals surface area contributed by atoms with Gasteiger partial charge in [-0.05, 0) is 6.07 Å². The highest BCUT2D eigenvalue weighted by molar-refractivity contribution is 5.75. The van der Waals surface area contributed by atoms with Crippen molar-refractivity contribution >= 4 is 5.91 Å². The molecule has 0 bridgehead atoms. The Hall–Kier alpha value is -1.49. The van der Waals surface area contributed by atoms with E-state index in [2.05, 4.69) is 15.3 Å². The molecule has 70 valence electrons.